The van der Waals surface area contributed by atoms with E-state index in [9.17, 15) is 0 Å². The fraction of sp³-hybridized carbons (Fsp3) is 0.400. The topological polar surface area (TPSA) is 29.9 Å². The van der Waals surface area contributed by atoms with Gasteiger partial charge >= 0.3 is 0 Å². The van der Waals surface area contributed by atoms with Gasteiger partial charge in [-0.15, -0.1) is 0 Å². The van der Waals surface area contributed by atoms with E-state index in [1.807, 2.05) is 19.1 Å². The highest BCUT2D eigenvalue weighted by molar-refractivity contribution is 5.58. The molecule has 0 spiro atoms. The summed E-state index contributed by atoms with van der Waals surface area (Å²) >= 11 is 0. The van der Waals surface area contributed by atoms with Gasteiger partial charge in [0.25, 0.3) is 0 Å². The summed E-state index contributed by atoms with van der Waals surface area (Å²) in [5.74, 6) is 1.53. The molecule has 1 N–H and O–H groups in total. The first-order valence-corrected chi connectivity index (χ1v) is 6.42. The van der Waals surface area contributed by atoms with Crippen molar-refractivity contribution in [2.75, 3.05) is 5.32 Å². The average molecular weight is 243 g/mol. The number of para-hydroxylation sites is 1. The molecule has 0 aliphatic carbocycles. The number of rotatable bonds is 4. The number of aryl methyl sites for hydroxylation is 2. The van der Waals surface area contributed by atoms with Gasteiger partial charge in [0, 0.05) is 18.4 Å². The van der Waals surface area contributed by atoms with Crippen LogP contribution >= 0.6 is 0 Å². The average Bonchev–Trinajstić information content (AvgIpc) is 2.61. The number of nitrogens with zero attached hydrogens (tertiary/aromatic N) is 2. The molecule has 0 fully saturated rings. The van der Waals surface area contributed by atoms with Crippen molar-refractivity contribution in [3.05, 3.63) is 41.7 Å². The lowest BCUT2D eigenvalue weighted by Gasteiger charge is -2.13. The molecule has 1 heterocycles. The standard InChI is InChI=1S/C15H21N3/c1-11(2)9-18-10-13(4)16-15(18)17-14-8-6-5-7-12(14)3/h5-8,10-11H,9H2,1-4H3,(H,16,17). The highest BCUT2D eigenvalue weighted by Crippen LogP contribution is 2.20. The van der Waals surface area contributed by atoms with Crippen LogP contribution in [0.15, 0.2) is 30.5 Å². The van der Waals surface area contributed by atoms with Crippen LogP contribution in [0.5, 0.6) is 0 Å². The normalized spacial score (nSPS) is 10.9. The molecule has 1 aromatic carbocycles. The molecule has 0 radical (unpaired) electrons. The summed E-state index contributed by atoms with van der Waals surface area (Å²) in [6, 6.07) is 8.27. The molecule has 0 aliphatic heterocycles. The summed E-state index contributed by atoms with van der Waals surface area (Å²) in [5.41, 5.74) is 3.40. The molecule has 0 bridgehead atoms. The maximum Gasteiger partial charge on any atom is 0.207 e. The molecule has 3 nitrogen and oxygen atoms in total. The molecular formula is C15H21N3. The molecule has 2 rings (SSSR count). The van der Waals surface area contributed by atoms with Crippen molar-refractivity contribution in [3.8, 4) is 0 Å². The molecule has 0 aliphatic rings. The Hall–Kier alpha value is -1.77. The third-order valence-corrected chi connectivity index (χ3v) is 2.85. The summed E-state index contributed by atoms with van der Waals surface area (Å²) in [5, 5.41) is 3.42. The SMILES string of the molecule is Cc1cn(CC(C)C)c(Nc2ccccc2C)n1. The Morgan fingerprint density at radius 2 is 1.94 bits per heavy atom. The van der Waals surface area contributed by atoms with Crippen molar-refractivity contribution in [1.29, 1.82) is 0 Å². The van der Waals surface area contributed by atoms with Crippen molar-refractivity contribution in [3.63, 3.8) is 0 Å². The molecule has 96 valence electrons. The molecule has 0 atom stereocenters. The van der Waals surface area contributed by atoms with Crippen LogP contribution in [0.25, 0.3) is 0 Å². The minimum atomic E-state index is 0.607. The van der Waals surface area contributed by atoms with E-state index in [1.54, 1.807) is 0 Å². The van der Waals surface area contributed by atoms with Gasteiger partial charge in [-0.1, -0.05) is 32.0 Å². The second-order valence-corrected chi connectivity index (χ2v) is 5.19. The van der Waals surface area contributed by atoms with E-state index >= 15 is 0 Å². The Morgan fingerprint density at radius 1 is 1.22 bits per heavy atom. The summed E-state index contributed by atoms with van der Waals surface area (Å²) in [6.45, 7) is 9.54. The molecule has 2 aromatic rings. The van der Waals surface area contributed by atoms with Crippen LogP contribution in [-0.2, 0) is 6.54 Å². The van der Waals surface area contributed by atoms with Crippen molar-refractivity contribution in [1.82, 2.24) is 9.55 Å². The first-order valence-electron chi connectivity index (χ1n) is 6.42. The predicted octanol–water partition coefficient (Wildman–Crippen LogP) is 3.90. The number of imidazole rings is 1. The zero-order chi connectivity index (χ0) is 13.1. The smallest absolute Gasteiger partial charge is 0.207 e. The number of aromatic nitrogens is 2. The fourth-order valence-electron chi connectivity index (χ4n) is 2.01. The summed E-state index contributed by atoms with van der Waals surface area (Å²) in [4.78, 5) is 4.55. The summed E-state index contributed by atoms with van der Waals surface area (Å²) in [6.07, 6.45) is 2.10. The molecule has 1 aromatic heterocycles. The maximum atomic E-state index is 4.55. The summed E-state index contributed by atoms with van der Waals surface area (Å²) in [7, 11) is 0. The van der Waals surface area contributed by atoms with Gasteiger partial charge in [0.05, 0.1) is 5.69 Å². The quantitative estimate of drug-likeness (QED) is 0.882. The summed E-state index contributed by atoms with van der Waals surface area (Å²) < 4.78 is 2.19. The second-order valence-electron chi connectivity index (χ2n) is 5.19. The number of hydrogen-bond donors (Lipinski definition) is 1. The van der Waals surface area contributed by atoms with Crippen LogP contribution in [0.2, 0.25) is 0 Å². The van der Waals surface area contributed by atoms with Gasteiger partial charge in [0.1, 0.15) is 0 Å². The van der Waals surface area contributed by atoms with E-state index in [-0.39, 0.29) is 0 Å². The fourth-order valence-corrected chi connectivity index (χ4v) is 2.01. The molecular weight excluding hydrogens is 222 g/mol. The Bertz CT molecular complexity index is 526. The molecule has 0 saturated carbocycles. The van der Waals surface area contributed by atoms with Crippen LogP contribution in [0.4, 0.5) is 11.6 Å². The lowest BCUT2D eigenvalue weighted by Crippen LogP contribution is -2.07. The lowest BCUT2D eigenvalue weighted by molar-refractivity contribution is 0.527. The van der Waals surface area contributed by atoms with E-state index in [4.69, 9.17) is 0 Å². The van der Waals surface area contributed by atoms with Gasteiger partial charge in [-0.05, 0) is 31.4 Å². The van der Waals surface area contributed by atoms with Crippen LogP contribution < -0.4 is 5.32 Å². The molecule has 0 unspecified atom stereocenters. The number of benzene rings is 1. The Labute approximate surface area is 109 Å². The zero-order valence-electron chi connectivity index (χ0n) is 11.6. The van der Waals surface area contributed by atoms with Gasteiger partial charge < -0.3 is 9.88 Å². The van der Waals surface area contributed by atoms with Crippen LogP contribution in [0, 0.1) is 19.8 Å². The third-order valence-electron chi connectivity index (χ3n) is 2.85. The molecule has 3 heteroatoms. The largest absolute Gasteiger partial charge is 0.325 e. The van der Waals surface area contributed by atoms with Crippen molar-refractivity contribution in [2.24, 2.45) is 5.92 Å². The second kappa shape index (κ2) is 5.25. The van der Waals surface area contributed by atoms with E-state index in [2.05, 4.69) is 54.0 Å². The Balaban J connectivity index is 2.26. The number of anilines is 2. The Morgan fingerprint density at radius 3 is 2.61 bits per heavy atom. The minimum Gasteiger partial charge on any atom is -0.325 e. The highest BCUT2D eigenvalue weighted by atomic mass is 15.2. The van der Waals surface area contributed by atoms with Gasteiger partial charge in [-0.3, -0.25) is 0 Å². The number of hydrogen-bond acceptors (Lipinski definition) is 2. The van der Waals surface area contributed by atoms with Crippen molar-refractivity contribution in [2.45, 2.75) is 34.2 Å². The van der Waals surface area contributed by atoms with Crippen LogP contribution in [0.3, 0.4) is 0 Å². The molecule has 0 saturated heterocycles. The zero-order valence-corrected chi connectivity index (χ0v) is 11.6. The third kappa shape index (κ3) is 2.92. The van der Waals surface area contributed by atoms with E-state index in [1.165, 1.54) is 5.56 Å². The van der Waals surface area contributed by atoms with E-state index in [0.29, 0.717) is 5.92 Å². The first-order chi connectivity index (χ1) is 8.56. The monoisotopic (exact) mass is 243 g/mol. The highest BCUT2D eigenvalue weighted by Gasteiger charge is 2.08. The van der Waals surface area contributed by atoms with Gasteiger partial charge in [0.15, 0.2) is 0 Å². The van der Waals surface area contributed by atoms with Crippen molar-refractivity contribution < 1.29 is 0 Å². The van der Waals surface area contributed by atoms with Gasteiger partial charge in [0.2, 0.25) is 5.95 Å². The lowest BCUT2D eigenvalue weighted by atomic mass is 10.2. The van der Waals surface area contributed by atoms with Crippen molar-refractivity contribution >= 4 is 11.6 Å². The van der Waals surface area contributed by atoms with Gasteiger partial charge in [-0.2, -0.15) is 0 Å². The molecule has 18 heavy (non-hydrogen) atoms. The number of nitrogens with one attached hydrogen (secondary N) is 1. The first kappa shape index (κ1) is 12.7. The predicted molar refractivity (Wildman–Crippen MR) is 76.3 cm³/mol. The van der Waals surface area contributed by atoms with E-state index in [0.717, 1.165) is 23.9 Å². The molecule has 0 amide bonds. The minimum absolute atomic E-state index is 0.607. The Kier molecular flexibility index (Phi) is 3.70. The maximum absolute atomic E-state index is 4.55. The van der Waals surface area contributed by atoms with Crippen LogP contribution in [-0.4, -0.2) is 9.55 Å². The van der Waals surface area contributed by atoms with Gasteiger partial charge in [-0.25, -0.2) is 4.98 Å². The van der Waals surface area contributed by atoms with E-state index < -0.39 is 0 Å². The van der Waals surface area contributed by atoms with Crippen LogP contribution in [0.1, 0.15) is 25.1 Å².